The summed E-state index contributed by atoms with van der Waals surface area (Å²) in [5.41, 5.74) is 9.26. The fourth-order valence-electron chi connectivity index (χ4n) is 4.38. The first-order chi connectivity index (χ1) is 21.0. The van der Waals surface area contributed by atoms with Gasteiger partial charge in [-0.15, -0.1) is 0 Å². The van der Waals surface area contributed by atoms with Crippen molar-refractivity contribution in [2.45, 2.75) is 39.7 Å². The molecule has 4 rings (SSSR count). The number of carboxylic acid groups (broad SMARTS) is 1. The molecule has 1 aliphatic rings. The van der Waals surface area contributed by atoms with Crippen molar-refractivity contribution in [1.29, 1.82) is 5.41 Å². The van der Waals surface area contributed by atoms with Crippen molar-refractivity contribution in [1.82, 2.24) is 10.2 Å². The highest BCUT2D eigenvalue weighted by molar-refractivity contribution is 6.01. The highest BCUT2D eigenvalue weighted by Crippen LogP contribution is 2.27. The van der Waals surface area contributed by atoms with Crippen molar-refractivity contribution in [2.75, 3.05) is 19.0 Å². The molecule has 2 amide bonds. The summed E-state index contributed by atoms with van der Waals surface area (Å²) < 4.78 is 24.6. The van der Waals surface area contributed by atoms with Crippen molar-refractivity contribution < 1.29 is 38.1 Å². The van der Waals surface area contributed by atoms with Crippen LogP contribution in [0.25, 0.3) is 0 Å². The lowest BCUT2D eigenvalue weighted by Gasteiger charge is -2.26. The summed E-state index contributed by atoms with van der Waals surface area (Å²) in [6, 6.07) is 16.3. The van der Waals surface area contributed by atoms with Gasteiger partial charge in [0.15, 0.2) is 0 Å². The van der Waals surface area contributed by atoms with Crippen molar-refractivity contribution in [3.8, 4) is 0 Å². The van der Waals surface area contributed by atoms with E-state index in [0.29, 0.717) is 28.9 Å². The predicted octanol–water partition coefficient (Wildman–Crippen LogP) is 3.23. The van der Waals surface area contributed by atoms with Crippen LogP contribution in [0.15, 0.2) is 60.7 Å². The molecule has 3 aromatic carbocycles. The lowest BCUT2D eigenvalue weighted by atomic mass is 10.1. The first kappa shape index (κ1) is 33.2. The standard InChI is InChI=1S/C29H30FN5O5.C2H4O2/c1-3-40-28(35-16-22-21(27(35)37)5-4-6-23(22)30)26(36)34-15-20-12-11-19(25(31)32)13-24(20)33-14-17-7-9-18(10-8-17)29(38)39-2;1-2(3)4/h4-13,28,33H,3,14-16H2,1-2H3,(H3,31,32)(H,34,36);1H3,(H,3,4). The minimum Gasteiger partial charge on any atom is -0.481 e. The van der Waals surface area contributed by atoms with Gasteiger partial charge >= 0.3 is 5.97 Å². The Morgan fingerprint density at radius 1 is 1.09 bits per heavy atom. The molecule has 0 saturated carbocycles. The largest absolute Gasteiger partial charge is 0.481 e. The number of aliphatic carboxylic acids is 1. The number of ether oxygens (including phenoxy) is 2. The van der Waals surface area contributed by atoms with Crippen LogP contribution in [0.4, 0.5) is 10.1 Å². The van der Waals surface area contributed by atoms with Gasteiger partial charge in [-0.1, -0.05) is 30.3 Å². The number of rotatable bonds is 11. The molecule has 0 aromatic heterocycles. The molecule has 1 aliphatic heterocycles. The van der Waals surface area contributed by atoms with Gasteiger partial charge in [0.1, 0.15) is 11.7 Å². The number of methoxy groups -OCH3 is 1. The normalized spacial score (nSPS) is 12.4. The van der Waals surface area contributed by atoms with E-state index in [1.807, 2.05) is 0 Å². The van der Waals surface area contributed by atoms with Crippen LogP contribution in [0.5, 0.6) is 0 Å². The molecule has 13 heteroatoms. The first-order valence-electron chi connectivity index (χ1n) is 13.5. The number of anilines is 1. The maximum Gasteiger partial charge on any atom is 0.337 e. The van der Waals surface area contributed by atoms with Crippen LogP contribution in [0.1, 0.15) is 56.8 Å². The number of fused-ring (bicyclic) bond motifs is 1. The molecule has 232 valence electrons. The van der Waals surface area contributed by atoms with Crippen LogP contribution < -0.4 is 16.4 Å². The Bertz CT molecular complexity index is 1540. The number of carboxylic acids is 1. The van der Waals surface area contributed by atoms with Crippen LogP contribution in [0.2, 0.25) is 0 Å². The summed E-state index contributed by atoms with van der Waals surface area (Å²) in [5, 5.41) is 21.3. The molecule has 0 radical (unpaired) electrons. The van der Waals surface area contributed by atoms with Crippen LogP contribution >= 0.6 is 0 Å². The van der Waals surface area contributed by atoms with E-state index in [4.69, 9.17) is 30.5 Å². The monoisotopic (exact) mass is 607 g/mol. The number of hydrogen-bond acceptors (Lipinski definition) is 8. The zero-order valence-electron chi connectivity index (χ0n) is 24.5. The van der Waals surface area contributed by atoms with E-state index >= 15 is 0 Å². The number of esters is 1. The number of carbonyl (C=O) groups excluding carboxylic acids is 3. The Morgan fingerprint density at radius 2 is 1.75 bits per heavy atom. The smallest absolute Gasteiger partial charge is 0.337 e. The summed E-state index contributed by atoms with van der Waals surface area (Å²) in [6.45, 7) is 3.34. The van der Waals surface area contributed by atoms with Gasteiger partial charge in [0.05, 0.1) is 19.2 Å². The number of nitrogens with one attached hydrogen (secondary N) is 3. The third kappa shape index (κ3) is 8.38. The SMILES string of the molecule is CC(=O)O.CCOC(C(=O)NCc1ccc(C(=N)N)cc1NCc1ccc(C(=O)OC)cc1)N1Cc2c(F)cccc2C1=O. The van der Waals surface area contributed by atoms with E-state index in [9.17, 15) is 18.8 Å². The van der Waals surface area contributed by atoms with E-state index in [1.54, 1.807) is 49.4 Å². The average molecular weight is 608 g/mol. The van der Waals surface area contributed by atoms with Gasteiger partial charge in [0.25, 0.3) is 17.8 Å². The fourth-order valence-corrected chi connectivity index (χ4v) is 4.38. The molecule has 1 atom stereocenters. The molecule has 3 aromatic rings. The molecule has 0 aliphatic carbocycles. The van der Waals surface area contributed by atoms with Gasteiger partial charge < -0.3 is 35.8 Å². The summed E-state index contributed by atoms with van der Waals surface area (Å²) in [7, 11) is 1.32. The van der Waals surface area contributed by atoms with Gasteiger partial charge in [-0.05, 0) is 48.4 Å². The highest BCUT2D eigenvalue weighted by atomic mass is 19.1. The van der Waals surface area contributed by atoms with Crippen molar-refractivity contribution >= 4 is 35.3 Å². The number of amides is 2. The highest BCUT2D eigenvalue weighted by Gasteiger charge is 2.38. The lowest BCUT2D eigenvalue weighted by Crippen LogP contribution is -2.48. The van der Waals surface area contributed by atoms with E-state index in [2.05, 4.69) is 10.6 Å². The number of nitrogens with zero attached hydrogens (tertiary/aromatic N) is 1. The van der Waals surface area contributed by atoms with E-state index in [1.165, 1.54) is 30.2 Å². The first-order valence-corrected chi connectivity index (χ1v) is 13.5. The van der Waals surface area contributed by atoms with Gasteiger partial charge in [-0.25, -0.2) is 9.18 Å². The van der Waals surface area contributed by atoms with Crippen molar-refractivity contribution in [3.05, 3.63) is 99.9 Å². The number of nitrogens with two attached hydrogens (primary N) is 1. The van der Waals surface area contributed by atoms with Gasteiger partial charge in [0.2, 0.25) is 6.23 Å². The molecule has 6 N–H and O–H groups in total. The number of nitrogen functional groups attached to an aromatic ring is 1. The van der Waals surface area contributed by atoms with Crippen molar-refractivity contribution in [2.24, 2.45) is 5.73 Å². The maximum absolute atomic E-state index is 14.3. The number of amidine groups is 1. The molecule has 12 nitrogen and oxygen atoms in total. The van der Waals surface area contributed by atoms with Crippen LogP contribution in [0, 0.1) is 11.2 Å². The molecule has 0 saturated heterocycles. The molecule has 0 spiro atoms. The zero-order chi connectivity index (χ0) is 32.4. The fraction of sp³-hybridized carbons (Fsp3) is 0.258. The zero-order valence-corrected chi connectivity index (χ0v) is 24.5. The summed E-state index contributed by atoms with van der Waals surface area (Å²) in [5.74, 6) is -2.92. The van der Waals surface area contributed by atoms with Crippen LogP contribution in [-0.2, 0) is 38.7 Å². The maximum atomic E-state index is 14.3. The van der Waals surface area contributed by atoms with E-state index < -0.39 is 35.8 Å². The third-order valence-electron chi connectivity index (χ3n) is 6.50. The second-order valence-electron chi connectivity index (χ2n) is 9.57. The number of carbonyl (C=O) groups is 4. The number of benzene rings is 3. The predicted molar refractivity (Wildman–Crippen MR) is 159 cm³/mol. The Balaban J connectivity index is 0.00000124. The Morgan fingerprint density at radius 3 is 2.34 bits per heavy atom. The topological polar surface area (TPSA) is 184 Å². The van der Waals surface area contributed by atoms with Gasteiger partial charge in [-0.3, -0.25) is 19.8 Å². The summed E-state index contributed by atoms with van der Waals surface area (Å²) >= 11 is 0. The molecular weight excluding hydrogens is 573 g/mol. The Hall–Kier alpha value is -5.30. The van der Waals surface area contributed by atoms with Gasteiger partial charge in [0, 0.05) is 49.0 Å². The van der Waals surface area contributed by atoms with Crippen molar-refractivity contribution in [3.63, 3.8) is 0 Å². The van der Waals surface area contributed by atoms with Crippen LogP contribution in [-0.4, -0.2) is 59.5 Å². The minimum absolute atomic E-state index is 0.0756. The van der Waals surface area contributed by atoms with E-state index in [-0.39, 0.29) is 36.7 Å². The van der Waals surface area contributed by atoms with Crippen LogP contribution in [0.3, 0.4) is 0 Å². The van der Waals surface area contributed by atoms with E-state index in [0.717, 1.165) is 12.5 Å². The quantitative estimate of drug-likeness (QED) is 0.124. The Kier molecular flexibility index (Phi) is 11.5. The molecule has 1 unspecified atom stereocenters. The number of hydrogen-bond donors (Lipinski definition) is 5. The second-order valence-corrected chi connectivity index (χ2v) is 9.57. The van der Waals surface area contributed by atoms with Gasteiger partial charge in [-0.2, -0.15) is 0 Å². The number of halogens is 1. The summed E-state index contributed by atoms with van der Waals surface area (Å²) in [4.78, 5) is 48.0. The summed E-state index contributed by atoms with van der Waals surface area (Å²) in [6.07, 6.45) is -1.24. The molecule has 1 heterocycles. The molecule has 0 bridgehead atoms. The molecular formula is C31H34FN5O7. The minimum atomic E-state index is -1.24. The lowest BCUT2D eigenvalue weighted by molar-refractivity contribution is -0.143. The second kappa shape index (κ2) is 15.3. The Labute approximate surface area is 253 Å². The molecule has 44 heavy (non-hydrogen) atoms. The third-order valence-corrected chi connectivity index (χ3v) is 6.50. The average Bonchev–Trinajstić information content (AvgIpc) is 3.34. The molecule has 0 fully saturated rings.